The van der Waals surface area contributed by atoms with Crippen LogP contribution >= 0.6 is 11.3 Å². The molecule has 1 N–H and O–H groups in total. The predicted molar refractivity (Wildman–Crippen MR) is 169 cm³/mol. The van der Waals surface area contributed by atoms with Gasteiger partial charge in [-0.3, -0.25) is 4.79 Å². The van der Waals surface area contributed by atoms with Crippen molar-refractivity contribution >= 4 is 38.6 Å². The van der Waals surface area contributed by atoms with Crippen LogP contribution in [0.4, 0.5) is 0 Å². The standard InChI is InChI=1S/C35H32N4O4S/c1-34-14-15-35(2,20-8-13-28(42-3)36-17-20)23-11-10-22(33(40)41)30(31(23)34)32-38-25-16-21(9-12-26(25)39(32)19-34)43-18-29-37-24-6-4-5-7-27(24)44-29/h4-9,12-17,22,30H,10-11,18-19H2,1-3H3,(H,40,41)/t22-,30-,34?,35?/m1/s1. The zero-order valence-electron chi connectivity index (χ0n) is 24.8. The minimum atomic E-state index is -0.772. The molecule has 1 aliphatic heterocycles. The first-order valence-electron chi connectivity index (χ1n) is 14.9. The van der Waals surface area contributed by atoms with E-state index in [1.807, 2.05) is 42.6 Å². The van der Waals surface area contributed by atoms with Gasteiger partial charge in [0.25, 0.3) is 0 Å². The van der Waals surface area contributed by atoms with Gasteiger partial charge in [-0.1, -0.05) is 42.8 Å². The van der Waals surface area contributed by atoms with Gasteiger partial charge in [-0.15, -0.1) is 11.3 Å². The van der Waals surface area contributed by atoms with Gasteiger partial charge in [0.1, 0.15) is 23.2 Å². The van der Waals surface area contributed by atoms with Gasteiger partial charge >= 0.3 is 5.97 Å². The number of benzene rings is 2. The number of hydrogen-bond donors (Lipinski definition) is 1. The first-order valence-corrected chi connectivity index (χ1v) is 15.7. The number of pyridine rings is 1. The third-order valence-corrected chi connectivity index (χ3v) is 10.9. The summed E-state index contributed by atoms with van der Waals surface area (Å²) in [6, 6.07) is 18.0. The molecule has 9 heteroatoms. The Labute approximate surface area is 258 Å². The average molecular weight is 605 g/mol. The van der Waals surface area contributed by atoms with Gasteiger partial charge in [0.05, 0.1) is 40.2 Å². The number of aliphatic carboxylic acids is 1. The fourth-order valence-corrected chi connectivity index (χ4v) is 8.52. The number of carboxylic acid groups (broad SMARTS) is 1. The van der Waals surface area contributed by atoms with E-state index in [0.29, 0.717) is 31.2 Å². The van der Waals surface area contributed by atoms with Gasteiger partial charge in [0.2, 0.25) is 5.88 Å². The van der Waals surface area contributed by atoms with E-state index < -0.39 is 17.3 Å². The molecule has 222 valence electrons. The van der Waals surface area contributed by atoms with Crippen molar-refractivity contribution in [3.05, 3.63) is 100 Å². The largest absolute Gasteiger partial charge is 0.486 e. The molecule has 4 atom stereocenters. The Balaban J connectivity index is 1.20. The van der Waals surface area contributed by atoms with E-state index >= 15 is 0 Å². The third-order valence-electron chi connectivity index (χ3n) is 9.85. The Bertz CT molecular complexity index is 1990. The number of rotatable bonds is 6. The zero-order chi connectivity index (χ0) is 30.2. The van der Waals surface area contributed by atoms with Gasteiger partial charge in [0, 0.05) is 35.7 Å². The fourth-order valence-electron chi connectivity index (χ4n) is 7.64. The second kappa shape index (κ2) is 9.75. The van der Waals surface area contributed by atoms with Crippen LogP contribution < -0.4 is 9.47 Å². The summed E-state index contributed by atoms with van der Waals surface area (Å²) in [5.41, 5.74) is 5.60. The summed E-state index contributed by atoms with van der Waals surface area (Å²) in [6.45, 7) is 5.53. The molecule has 5 aromatic rings. The van der Waals surface area contributed by atoms with Gasteiger partial charge in [-0.2, -0.15) is 0 Å². The van der Waals surface area contributed by atoms with Crippen molar-refractivity contribution in [1.29, 1.82) is 0 Å². The topological polar surface area (TPSA) is 99.4 Å². The molecule has 0 fully saturated rings. The molecule has 0 amide bonds. The van der Waals surface area contributed by atoms with E-state index in [1.54, 1.807) is 18.4 Å². The summed E-state index contributed by atoms with van der Waals surface area (Å²) in [6.07, 6.45) is 7.74. The van der Waals surface area contributed by atoms with Gasteiger partial charge in [-0.05, 0) is 55.2 Å². The number of ether oxygens (including phenoxy) is 2. The summed E-state index contributed by atoms with van der Waals surface area (Å²) in [7, 11) is 1.61. The molecule has 0 radical (unpaired) electrons. The quantitative estimate of drug-likeness (QED) is 0.207. The number of carboxylic acids is 1. The highest BCUT2D eigenvalue weighted by atomic mass is 32.1. The normalized spacial score (nSPS) is 25.6. The molecule has 2 aliphatic carbocycles. The molecule has 8 rings (SSSR count). The predicted octanol–water partition coefficient (Wildman–Crippen LogP) is 7.05. The minimum absolute atomic E-state index is 0.329. The number of thiazole rings is 1. The molecule has 0 bridgehead atoms. The van der Waals surface area contributed by atoms with E-state index in [4.69, 9.17) is 19.4 Å². The van der Waals surface area contributed by atoms with Crippen LogP contribution in [0.3, 0.4) is 0 Å². The Morgan fingerprint density at radius 2 is 1.95 bits per heavy atom. The van der Waals surface area contributed by atoms with E-state index in [0.717, 1.165) is 44.1 Å². The van der Waals surface area contributed by atoms with Crippen molar-refractivity contribution in [2.24, 2.45) is 11.3 Å². The Morgan fingerprint density at radius 3 is 2.73 bits per heavy atom. The molecule has 3 aromatic heterocycles. The first kappa shape index (κ1) is 27.1. The van der Waals surface area contributed by atoms with Crippen LogP contribution in [0.1, 0.15) is 49.0 Å². The monoisotopic (exact) mass is 604 g/mol. The van der Waals surface area contributed by atoms with Crippen molar-refractivity contribution in [3.63, 3.8) is 0 Å². The number of hydrogen-bond acceptors (Lipinski definition) is 7. The van der Waals surface area contributed by atoms with E-state index in [9.17, 15) is 9.90 Å². The van der Waals surface area contributed by atoms with Crippen LogP contribution in [0.5, 0.6) is 11.6 Å². The highest BCUT2D eigenvalue weighted by Crippen LogP contribution is 2.60. The molecule has 0 saturated heterocycles. The van der Waals surface area contributed by atoms with Gasteiger partial charge in [0.15, 0.2) is 0 Å². The maximum atomic E-state index is 12.8. The van der Waals surface area contributed by atoms with Crippen LogP contribution in [-0.2, 0) is 23.4 Å². The number of fused-ring (bicyclic) bond motifs is 5. The number of carbonyl (C=O) groups is 1. The molecule has 44 heavy (non-hydrogen) atoms. The molecular weight excluding hydrogens is 572 g/mol. The molecule has 8 nitrogen and oxygen atoms in total. The molecular formula is C35H32N4O4S. The number of nitrogens with zero attached hydrogens (tertiary/aromatic N) is 4. The van der Waals surface area contributed by atoms with Crippen molar-refractivity contribution in [2.45, 2.75) is 51.2 Å². The van der Waals surface area contributed by atoms with Crippen molar-refractivity contribution < 1.29 is 19.4 Å². The highest BCUT2D eigenvalue weighted by molar-refractivity contribution is 7.18. The minimum Gasteiger partial charge on any atom is -0.486 e. The number of para-hydroxylation sites is 1. The average Bonchev–Trinajstić information content (AvgIpc) is 3.62. The number of aromatic nitrogens is 4. The van der Waals surface area contributed by atoms with E-state index in [1.165, 1.54) is 11.1 Å². The Kier molecular flexibility index (Phi) is 6.00. The lowest BCUT2D eigenvalue weighted by molar-refractivity contribution is -0.143. The maximum absolute atomic E-state index is 12.8. The zero-order valence-corrected chi connectivity index (χ0v) is 25.6. The summed E-state index contributed by atoms with van der Waals surface area (Å²) >= 11 is 1.63. The van der Waals surface area contributed by atoms with Gasteiger partial charge in [-0.25, -0.2) is 15.0 Å². The van der Waals surface area contributed by atoms with Crippen molar-refractivity contribution in [3.8, 4) is 11.6 Å². The second-order valence-corrected chi connectivity index (χ2v) is 13.6. The highest BCUT2D eigenvalue weighted by Gasteiger charge is 2.53. The van der Waals surface area contributed by atoms with Crippen LogP contribution in [-0.4, -0.2) is 37.7 Å². The lowest BCUT2D eigenvalue weighted by atomic mass is 9.54. The second-order valence-electron chi connectivity index (χ2n) is 12.5. The summed E-state index contributed by atoms with van der Waals surface area (Å²) < 4.78 is 14.9. The summed E-state index contributed by atoms with van der Waals surface area (Å²) in [5, 5.41) is 11.4. The van der Waals surface area contributed by atoms with Crippen LogP contribution in [0, 0.1) is 11.3 Å². The van der Waals surface area contributed by atoms with E-state index in [-0.39, 0.29) is 11.3 Å². The smallest absolute Gasteiger partial charge is 0.307 e. The Hall–Kier alpha value is -4.50. The fraction of sp³-hybridized carbons (Fsp3) is 0.314. The molecule has 4 heterocycles. The van der Waals surface area contributed by atoms with E-state index in [2.05, 4.69) is 53.7 Å². The van der Waals surface area contributed by atoms with Crippen LogP contribution in [0.25, 0.3) is 21.3 Å². The van der Waals surface area contributed by atoms with Crippen LogP contribution in [0.15, 0.2) is 84.1 Å². The molecule has 0 saturated carbocycles. The van der Waals surface area contributed by atoms with Gasteiger partial charge < -0.3 is 19.1 Å². The molecule has 3 aliphatic rings. The summed E-state index contributed by atoms with van der Waals surface area (Å²) in [5.74, 6) is 0.460. The number of imidazole rings is 1. The number of allylic oxidation sites excluding steroid dienone is 4. The van der Waals surface area contributed by atoms with Crippen molar-refractivity contribution in [1.82, 2.24) is 19.5 Å². The Morgan fingerprint density at radius 1 is 1.09 bits per heavy atom. The van der Waals surface area contributed by atoms with Crippen molar-refractivity contribution in [2.75, 3.05) is 7.11 Å². The SMILES string of the molecule is COc1ccc(C2(C)C=CC3(C)Cn4c(nc5cc(OCc6nc7ccccc7s6)ccc54)[C@H]4C3=C2CC[C@H]4C(=O)O)cn1. The molecule has 2 aromatic carbocycles. The summed E-state index contributed by atoms with van der Waals surface area (Å²) in [4.78, 5) is 27.1. The molecule has 0 spiro atoms. The van der Waals surface area contributed by atoms with Crippen LogP contribution in [0.2, 0.25) is 0 Å². The lowest BCUT2D eigenvalue weighted by Gasteiger charge is -2.51. The number of methoxy groups -OCH3 is 1. The maximum Gasteiger partial charge on any atom is 0.307 e. The lowest BCUT2D eigenvalue weighted by Crippen LogP contribution is -2.46. The first-order chi connectivity index (χ1) is 21.3. The third kappa shape index (κ3) is 4.02. The molecule has 2 unspecified atom stereocenters.